The third-order valence-corrected chi connectivity index (χ3v) is 4.63. The SMILES string of the molecule is CN(C)CCNC(=O)c1cnc2sc(N3CCOCC3)nn2c1=O. The summed E-state index contributed by atoms with van der Waals surface area (Å²) in [6, 6.07) is 0. The Morgan fingerprint density at radius 2 is 2.17 bits per heavy atom. The van der Waals surface area contributed by atoms with E-state index in [1.165, 1.54) is 22.0 Å². The van der Waals surface area contributed by atoms with Gasteiger partial charge in [-0.1, -0.05) is 11.3 Å². The maximum absolute atomic E-state index is 12.5. The summed E-state index contributed by atoms with van der Waals surface area (Å²) in [5.74, 6) is -0.426. The highest BCUT2D eigenvalue weighted by Crippen LogP contribution is 2.21. The Bertz CT molecular complexity index is 780. The third-order valence-electron chi connectivity index (χ3n) is 3.65. The number of aromatic nitrogens is 3. The van der Waals surface area contributed by atoms with Crippen LogP contribution < -0.4 is 15.8 Å². The first kappa shape index (κ1) is 16.8. The van der Waals surface area contributed by atoms with Crippen LogP contribution in [0.3, 0.4) is 0 Å². The number of hydrogen-bond donors (Lipinski definition) is 1. The van der Waals surface area contributed by atoms with Gasteiger partial charge in [0.1, 0.15) is 5.56 Å². The van der Waals surface area contributed by atoms with Crippen molar-refractivity contribution in [2.45, 2.75) is 0 Å². The Labute approximate surface area is 142 Å². The van der Waals surface area contributed by atoms with E-state index in [1.54, 1.807) is 0 Å². The Hall–Kier alpha value is -2.04. The molecule has 2 aromatic heterocycles. The monoisotopic (exact) mass is 352 g/mol. The van der Waals surface area contributed by atoms with Crippen LogP contribution in [-0.4, -0.2) is 78.9 Å². The van der Waals surface area contributed by atoms with E-state index in [2.05, 4.69) is 20.3 Å². The third kappa shape index (κ3) is 3.55. The Balaban J connectivity index is 1.82. The lowest BCUT2D eigenvalue weighted by molar-refractivity contribution is 0.0949. The minimum absolute atomic E-state index is 0.00471. The number of carbonyl (C=O) groups is 1. The number of anilines is 1. The van der Waals surface area contributed by atoms with Gasteiger partial charge in [0, 0.05) is 32.4 Å². The van der Waals surface area contributed by atoms with Gasteiger partial charge in [-0.2, -0.15) is 4.52 Å². The summed E-state index contributed by atoms with van der Waals surface area (Å²) < 4.78 is 6.52. The summed E-state index contributed by atoms with van der Waals surface area (Å²) in [5, 5.41) is 7.77. The quantitative estimate of drug-likeness (QED) is 0.759. The van der Waals surface area contributed by atoms with Crippen molar-refractivity contribution in [1.82, 2.24) is 24.8 Å². The van der Waals surface area contributed by atoms with Crippen molar-refractivity contribution in [1.29, 1.82) is 0 Å². The molecule has 0 aliphatic carbocycles. The molecule has 1 saturated heterocycles. The lowest BCUT2D eigenvalue weighted by atomic mass is 10.3. The van der Waals surface area contributed by atoms with E-state index in [4.69, 9.17) is 4.74 Å². The first-order valence-electron chi connectivity index (χ1n) is 7.71. The highest BCUT2D eigenvalue weighted by Gasteiger charge is 2.19. The molecule has 130 valence electrons. The molecule has 9 nitrogen and oxygen atoms in total. The molecule has 0 spiro atoms. The van der Waals surface area contributed by atoms with Gasteiger partial charge in [0.05, 0.1) is 13.2 Å². The largest absolute Gasteiger partial charge is 0.378 e. The zero-order valence-electron chi connectivity index (χ0n) is 13.7. The van der Waals surface area contributed by atoms with Crippen molar-refractivity contribution in [3.05, 3.63) is 22.1 Å². The van der Waals surface area contributed by atoms with Crippen LogP contribution in [0.1, 0.15) is 10.4 Å². The molecule has 3 rings (SSSR count). The predicted octanol–water partition coefficient (Wildman–Crippen LogP) is -0.721. The van der Waals surface area contributed by atoms with Crippen LogP contribution in [0, 0.1) is 0 Å². The van der Waals surface area contributed by atoms with Crippen molar-refractivity contribution in [2.24, 2.45) is 0 Å². The molecule has 0 aromatic carbocycles. The van der Waals surface area contributed by atoms with Crippen LogP contribution in [0.25, 0.3) is 4.96 Å². The topological polar surface area (TPSA) is 92.1 Å². The van der Waals surface area contributed by atoms with Crippen molar-refractivity contribution >= 4 is 27.3 Å². The molecule has 0 radical (unpaired) electrons. The number of carbonyl (C=O) groups excluding carboxylic acids is 1. The highest BCUT2D eigenvalue weighted by molar-refractivity contribution is 7.20. The summed E-state index contributed by atoms with van der Waals surface area (Å²) >= 11 is 1.33. The van der Waals surface area contributed by atoms with Gasteiger partial charge in [-0.05, 0) is 14.1 Å². The second kappa shape index (κ2) is 7.24. The summed E-state index contributed by atoms with van der Waals surface area (Å²) in [4.78, 5) is 33.4. The molecule has 0 saturated carbocycles. The molecule has 3 heterocycles. The van der Waals surface area contributed by atoms with Gasteiger partial charge in [-0.25, -0.2) is 4.98 Å². The minimum Gasteiger partial charge on any atom is -0.378 e. The number of fused-ring (bicyclic) bond motifs is 1. The standard InChI is InChI=1S/C14H20N6O3S/c1-18(2)4-3-15-11(21)10-9-16-13-20(12(10)22)17-14(24-13)19-5-7-23-8-6-19/h9H,3-8H2,1-2H3,(H,15,21). The van der Waals surface area contributed by atoms with Gasteiger partial charge in [0.15, 0.2) is 0 Å². The van der Waals surface area contributed by atoms with Crippen LogP contribution >= 0.6 is 11.3 Å². The van der Waals surface area contributed by atoms with E-state index in [0.29, 0.717) is 36.4 Å². The van der Waals surface area contributed by atoms with Crippen LogP contribution in [0.15, 0.2) is 11.0 Å². The van der Waals surface area contributed by atoms with E-state index in [0.717, 1.165) is 13.1 Å². The molecule has 1 aliphatic heterocycles. The number of rotatable bonds is 5. The van der Waals surface area contributed by atoms with E-state index in [1.807, 2.05) is 19.0 Å². The number of hydrogen-bond acceptors (Lipinski definition) is 8. The molecular weight excluding hydrogens is 332 g/mol. The molecule has 1 aliphatic rings. The van der Waals surface area contributed by atoms with Gasteiger partial charge in [0.2, 0.25) is 10.1 Å². The first-order valence-corrected chi connectivity index (χ1v) is 8.52. The maximum Gasteiger partial charge on any atom is 0.288 e. The summed E-state index contributed by atoms with van der Waals surface area (Å²) in [6.45, 7) is 3.89. The molecule has 0 bridgehead atoms. The Kier molecular flexibility index (Phi) is 5.07. The molecule has 2 aromatic rings. The van der Waals surface area contributed by atoms with Crippen LogP contribution in [0.4, 0.5) is 5.13 Å². The molecule has 0 atom stereocenters. The molecule has 1 amide bonds. The molecule has 1 fully saturated rings. The highest BCUT2D eigenvalue weighted by atomic mass is 32.1. The zero-order chi connectivity index (χ0) is 17.1. The fraction of sp³-hybridized carbons (Fsp3) is 0.571. The summed E-state index contributed by atoms with van der Waals surface area (Å²) in [5.41, 5.74) is -0.441. The molecule has 24 heavy (non-hydrogen) atoms. The number of likely N-dealkylation sites (N-methyl/N-ethyl adjacent to an activating group) is 1. The second-order valence-electron chi connectivity index (χ2n) is 5.71. The van der Waals surface area contributed by atoms with Gasteiger partial charge >= 0.3 is 0 Å². The Morgan fingerprint density at radius 3 is 2.88 bits per heavy atom. The normalized spacial score (nSPS) is 15.2. The number of morpholine rings is 1. The lowest BCUT2D eigenvalue weighted by Crippen LogP contribution is -2.37. The van der Waals surface area contributed by atoms with Crippen molar-refractivity contribution < 1.29 is 9.53 Å². The maximum atomic E-state index is 12.5. The van der Waals surface area contributed by atoms with Crippen LogP contribution in [0.2, 0.25) is 0 Å². The van der Waals surface area contributed by atoms with Crippen molar-refractivity contribution in [3.8, 4) is 0 Å². The van der Waals surface area contributed by atoms with Gasteiger partial charge in [-0.15, -0.1) is 5.10 Å². The number of amides is 1. The van der Waals surface area contributed by atoms with E-state index in [9.17, 15) is 9.59 Å². The second-order valence-corrected chi connectivity index (χ2v) is 6.65. The molecule has 0 unspecified atom stereocenters. The fourth-order valence-electron chi connectivity index (χ4n) is 2.30. The molecular formula is C14H20N6O3S. The van der Waals surface area contributed by atoms with Crippen LogP contribution in [-0.2, 0) is 4.74 Å². The number of nitrogens with zero attached hydrogens (tertiary/aromatic N) is 5. The summed E-state index contributed by atoms with van der Waals surface area (Å²) in [7, 11) is 3.83. The van der Waals surface area contributed by atoms with E-state index in [-0.39, 0.29) is 5.56 Å². The average Bonchev–Trinajstić information content (AvgIpc) is 3.01. The smallest absolute Gasteiger partial charge is 0.288 e. The molecule has 1 N–H and O–H groups in total. The summed E-state index contributed by atoms with van der Waals surface area (Å²) in [6.07, 6.45) is 1.32. The van der Waals surface area contributed by atoms with E-state index >= 15 is 0 Å². The number of nitrogens with one attached hydrogen (secondary N) is 1. The zero-order valence-corrected chi connectivity index (χ0v) is 14.5. The van der Waals surface area contributed by atoms with Gasteiger partial charge in [-0.3, -0.25) is 9.59 Å². The fourth-order valence-corrected chi connectivity index (χ4v) is 3.22. The van der Waals surface area contributed by atoms with Gasteiger partial charge in [0.25, 0.3) is 11.5 Å². The van der Waals surface area contributed by atoms with Crippen molar-refractivity contribution in [3.63, 3.8) is 0 Å². The first-order chi connectivity index (χ1) is 11.6. The average molecular weight is 352 g/mol. The number of ether oxygens (including phenoxy) is 1. The lowest BCUT2D eigenvalue weighted by Gasteiger charge is -2.25. The van der Waals surface area contributed by atoms with E-state index < -0.39 is 11.5 Å². The van der Waals surface area contributed by atoms with Crippen LogP contribution in [0.5, 0.6) is 0 Å². The molecule has 10 heteroatoms. The van der Waals surface area contributed by atoms with Crippen molar-refractivity contribution in [2.75, 3.05) is 58.4 Å². The predicted molar refractivity (Wildman–Crippen MR) is 91.1 cm³/mol. The van der Waals surface area contributed by atoms with Gasteiger partial charge < -0.3 is 19.9 Å². The Morgan fingerprint density at radius 1 is 1.42 bits per heavy atom. The minimum atomic E-state index is -0.446.